The molecule has 1 aromatic carbocycles. The molecule has 1 aliphatic heterocycles. The first-order valence-corrected chi connectivity index (χ1v) is 6.39. The molecular weight excluding hydrogens is 249 g/mol. The maximum atomic E-state index is 13.3. The molecular formula is C13H18FN3O2. The molecule has 0 radical (unpaired) electrons. The Morgan fingerprint density at radius 2 is 2.32 bits per heavy atom. The zero-order chi connectivity index (χ0) is 13.8. The molecule has 1 fully saturated rings. The van der Waals surface area contributed by atoms with Crippen LogP contribution in [0.3, 0.4) is 0 Å². The Morgan fingerprint density at radius 3 is 3.00 bits per heavy atom. The largest absolute Gasteiger partial charge is 0.319 e. The topological polar surface area (TPSA) is 58.4 Å². The minimum atomic E-state index is -0.555. The van der Waals surface area contributed by atoms with Gasteiger partial charge in [-0.2, -0.15) is 0 Å². The standard InChI is InChI=1S/C13H18FN3O2/c1-15-7-10-2-3-16(8-10)9-11-4-12(14)6-13(5-11)17(18)19/h4-6,10,15H,2-3,7-9H2,1H3. The van der Waals surface area contributed by atoms with Crippen LogP contribution in [-0.2, 0) is 6.54 Å². The van der Waals surface area contributed by atoms with E-state index in [1.807, 2.05) is 7.05 Å². The molecule has 0 spiro atoms. The number of nitro groups is 1. The van der Waals surface area contributed by atoms with Gasteiger partial charge in [-0.3, -0.25) is 15.0 Å². The second kappa shape index (κ2) is 6.08. The van der Waals surface area contributed by atoms with Gasteiger partial charge in [-0.15, -0.1) is 0 Å². The summed E-state index contributed by atoms with van der Waals surface area (Å²) in [6, 6.07) is 3.78. The Hall–Kier alpha value is -1.53. The van der Waals surface area contributed by atoms with E-state index in [0.717, 1.165) is 32.1 Å². The smallest absolute Gasteiger partial charge is 0.272 e. The van der Waals surface area contributed by atoms with Crippen molar-refractivity contribution in [3.63, 3.8) is 0 Å². The van der Waals surface area contributed by atoms with E-state index in [0.29, 0.717) is 18.0 Å². The highest BCUT2D eigenvalue weighted by molar-refractivity contribution is 5.35. The van der Waals surface area contributed by atoms with Gasteiger partial charge in [0.15, 0.2) is 0 Å². The number of nitro benzene ring substituents is 1. The molecule has 5 nitrogen and oxygen atoms in total. The van der Waals surface area contributed by atoms with Crippen LogP contribution in [0.5, 0.6) is 0 Å². The third-order valence-electron chi connectivity index (χ3n) is 3.42. The lowest BCUT2D eigenvalue weighted by molar-refractivity contribution is -0.385. The lowest BCUT2D eigenvalue weighted by Gasteiger charge is -2.16. The highest BCUT2D eigenvalue weighted by Crippen LogP contribution is 2.21. The molecule has 0 amide bonds. The second-order valence-electron chi connectivity index (χ2n) is 5.02. The zero-order valence-corrected chi connectivity index (χ0v) is 10.9. The van der Waals surface area contributed by atoms with Crippen LogP contribution in [0.1, 0.15) is 12.0 Å². The van der Waals surface area contributed by atoms with Crippen molar-refractivity contribution < 1.29 is 9.31 Å². The van der Waals surface area contributed by atoms with E-state index in [2.05, 4.69) is 10.2 Å². The number of benzene rings is 1. The summed E-state index contributed by atoms with van der Waals surface area (Å²) in [5.41, 5.74) is 0.484. The van der Waals surface area contributed by atoms with E-state index < -0.39 is 10.7 Å². The maximum absolute atomic E-state index is 13.3. The monoisotopic (exact) mass is 267 g/mol. The summed E-state index contributed by atoms with van der Waals surface area (Å²) in [5, 5.41) is 13.8. The van der Waals surface area contributed by atoms with Crippen molar-refractivity contribution >= 4 is 5.69 Å². The highest BCUT2D eigenvalue weighted by Gasteiger charge is 2.22. The molecule has 104 valence electrons. The number of hydrogen-bond acceptors (Lipinski definition) is 4. The van der Waals surface area contributed by atoms with E-state index in [1.165, 1.54) is 12.1 Å². The number of non-ortho nitro benzene ring substituents is 1. The third-order valence-corrected chi connectivity index (χ3v) is 3.42. The lowest BCUT2D eigenvalue weighted by atomic mass is 10.1. The van der Waals surface area contributed by atoms with Gasteiger partial charge >= 0.3 is 0 Å². The minimum absolute atomic E-state index is 0.180. The molecule has 0 saturated carbocycles. The molecule has 19 heavy (non-hydrogen) atoms. The number of rotatable bonds is 5. The van der Waals surface area contributed by atoms with Crippen molar-refractivity contribution in [2.75, 3.05) is 26.7 Å². The van der Waals surface area contributed by atoms with Crippen molar-refractivity contribution in [2.45, 2.75) is 13.0 Å². The fourth-order valence-corrected chi connectivity index (χ4v) is 2.60. The van der Waals surface area contributed by atoms with Crippen LogP contribution < -0.4 is 5.32 Å². The summed E-state index contributed by atoms with van der Waals surface area (Å²) in [6.45, 7) is 3.44. The quantitative estimate of drug-likeness (QED) is 0.652. The fourth-order valence-electron chi connectivity index (χ4n) is 2.60. The van der Waals surface area contributed by atoms with Gasteiger partial charge in [0.1, 0.15) is 5.82 Å². The van der Waals surface area contributed by atoms with Crippen LogP contribution in [0.25, 0.3) is 0 Å². The molecule has 1 unspecified atom stereocenters. The summed E-state index contributed by atoms with van der Waals surface area (Å²) >= 11 is 0. The molecule has 0 bridgehead atoms. The predicted molar refractivity (Wildman–Crippen MR) is 70.4 cm³/mol. The zero-order valence-electron chi connectivity index (χ0n) is 10.9. The summed E-state index contributed by atoms with van der Waals surface area (Å²) < 4.78 is 13.3. The number of nitrogens with zero attached hydrogens (tertiary/aromatic N) is 2. The van der Waals surface area contributed by atoms with Crippen molar-refractivity contribution in [1.29, 1.82) is 0 Å². The molecule has 0 aliphatic carbocycles. The van der Waals surface area contributed by atoms with Crippen LogP contribution in [-0.4, -0.2) is 36.5 Å². The summed E-state index contributed by atoms with van der Waals surface area (Å²) in [6.07, 6.45) is 1.11. The molecule has 1 atom stereocenters. The maximum Gasteiger partial charge on any atom is 0.272 e. The van der Waals surface area contributed by atoms with E-state index in [1.54, 1.807) is 0 Å². The minimum Gasteiger partial charge on any atom is -0.319 e. The van der Waals surface area contributed by atoms with Crippen LogP contribution in [0.15, 0.2) is 18.2 Å². The first kappa shape index (κ1) is 13.9. The molecule has 1 saturated heterocycles. The normalized spacial score (nSPS) is 19.8. The molecule has 1 heterocycles. The first-order valence-electron chi connectivity index (χ1n) is 6.39. The molecule has 1 N–H and O–H groups in total. The summed E-state index contributed by atoms with van der Waals surface area (Å²) in [4.78, 5) is 12.4. The van der Waals surface area contributed by atoms with Gasteiger partial charge < -0.3 is 5.32 Å². The third kappa shape index (κ3) is 3.71. The van der Waals surface area contributed by atoms with Gasteiger partial charge in [0, 0.05) is 19.2 Å². The first-order chi connectivity index (χ1) is 9.08. The van der Waals surface area contributed by atoms with Crippen molar-refractivity contribution in [3.8, 4) is 0 Å². The Kier molecular flexibility index (Phi) is 4.44. The van der Waals surface area contributed by atoms with E-state index in [4.69, 9.17) is 0 Å². The Morgan fingerprint density at radius 1 is 1.53 bits per heavy atom. The molecule has 1 aliphatic rings. The summed E-state index contributed by atoms with van der Waals surface area (Å²) in [5.74, 6) is 0.0590. The Balaban J connectivity index is 2.01. The van der Waals surface area contributed by atoms with Gasteiger partial charge in [0.25, 0.3) is 5.69 Å². The number of likely N-dealkylation sites (tertiary alicyclic amines) is 1. The van der Waals surface area contributed by atoms with Crippen LogP contribution in [0, 0.1) is 21.8 Å². The van der Waals surface area contributed by atoms with Crippen molar-refractivity contribution in [3.05, 3.63) is 39.7 Å². The number of halogens is 1. The molecule has 0 aromatic heterocycles. The van der Waals surface area contributed by atoms with Gasteiger partial charge in [-0.1, -0.05) is 0 Å². The predicted octanol–water partition coefficient (Wildman–Crippen LogP) is 1.78. The van der Waals surface area contributed by atoms with Crippen molar-refractivity contribution in [1.82, 2.24) is 10.2 Å². The van der Waals surface area contributed by atoms with Crippen LogP contribution in [0.2, 0.25) is 0 Å². The SMILES string of the molecule is CNCC1CCN(Cc2cc(F)cc([N+](=O)[O-])c2)C1. The van der Waals surface area contributed by atoms with Crippen molar-refractivity contribution in [2.24, 2.45) is 5.92 Å². The summed E-state index contributed by atoms with van der Waals surface area (Å²) in [7, 11) is 1.93. The van der Waals surface area contributed by atoms with Crippen LogP contribution >= 0.6 is 0 Å². The number of nitrogens with one attached hydrogen (secondary N) is 1. The fraction of sp³-hybridized carbons (Fsp3) is 0.538. The van der Waals surface area contributed by atoms with E-state index in [-0.39, 0.29) is 5.69 Å². The van der Waals surface area contributed by atoms with Gasteiger partial charge in [0.05, 0.1) is 11.0 Å². The molecule has 6 heteroatoms. The lowest BCUT2D eigenvalue weighted by Crippen LogP contribution is -2.24. The van der Waals surface area contributed by atoms with Gasteiger partial charge in [-0.05, 0) is 44.1 Å². The van der Waals surface area contributed by atoms with E-state index >= 15 is 0 Å². The van der Waals surface area contributed by atoms with E-state index in [9.17, 15) is 14.5 Å². The van der Waals surface area contributed by atoms with Gasteiger partial charge in [0.2, 0.25) is 0 Å². The van der Waals surface area contributed by atoms with Gasteiger partial charge in [-0.25, -0.2) is 4.39 Å². The molecule has 2 rings (SSSR count). The average molecular weight is 267 g/mol. The molecule has 1 aromatic rings. The Bertz CT molecular complexity index is 467. The average Bonchev–Trinajstić information content (AvgIpc) is 2.76. The highest BCUT2D eigenvalue weighted by atomic mass is 19.1. The Labute approximate surface area is 111 Å². The number of hydrogen-bond donors (Lipinski definition) is 1. The second-order valence-corrected chi connectivity index (χ2v) is 5.02. The van der Waals surface area contributed by atoms with Crippen LogP contribution in [0.4, 0.5) is 10.1 Å².